The van der Waals surface area contributed by atoms with Crippen molar-refractivity contribution >= 4 is 34.6 Å². The van der Waals surface area contributed by atoms with Gasteiger partial charge in [-0.25, -0.2) is 0 Å². The standard InChI is InChI=1S/C20H20O8/c21-17(22)9-3-11-19(25)27-15-7-1-5-13-14(15)6-2-8-16(13)28-20(26)12-4-10-18(23)24/h1-2,5-8H,3-4,9-12H2,(H,21,22)(H,23,24). The Hall–Kier alpha value is -3.42. The van der Waals surface area contributed by atoms with Crippen molar-refractivity contribution in [2.24, 2.45) is 0 Å². The molecule has 0 spiro atoms. The molecule has 0 aliphatic carbocycles. The van der Waals surface area contributed by atoms with Crippen LogP contribution in [0.4, 0.5) is 0 Å². The molecule has 0 bridgehead atoms. The Labute approximate surface area is 160 Å². The number of fused-ring (bicyclic) bond motifs is 1. The third kappa shape index (κ3) is 6.39. The van der Waals surface area contributed by atoms with Crippen LogP contribution in [0.15, 0.2) is 36.4 Å². The number of carbonyl (C=O) groups excluding carboxylic acids is 2. The highest BCUT2D eigenvalue weighted by Gasteiger charge is 2.13. The first-order valence-corrected chi connectivity index (χ1v) is 8.73. The van der Waals surface area contributed by atoms with E-state index in [0.717, 1.165) is 0 Å². The number of carboxylic acids is 2. The summed E-state index contributed by atoms with van der Waals surface area (Å²) in [5.41, 5.74) is 0. The highest BCUT2D eigenvalue weighted by Crippen LogP contribution is 2.32. The molecule has 2 aromatic carbocycles. The van der Waals surface area contributed by atoms with Crippen LogP contribution in [0.5, 0.6) is 11.5 Å². The number of esters is 2. The fraction of sp³-hybridized carbons (Fsp3) is 0.300. The predicted molar refractivity (Wildman–Crippen MR) is 98.2 cm³/mol. The Morgan fingerprint density at radius 3 is 1.39 bits per heavy atom. The van der Waals surface area contributed by atoms with Crippen LogP contribution in [0.2, 0.25) is 0 Å². The molecule has 0 saturated heterocycles. The third-order valence-electron chi connectivity index (χ3n) is 3.83. The molecule has 0 aromatic heterocycles. The van der Waals surface area contributed by atoms with E-state index in [0.29, 0.717) is 10.8 Å². The lowest BCUT2D eigenvalue weighted by atomic mass is 10.1. The van der Waals surface area contributed by atoms with E-state index < -0.39 is 23.9 Å². The number of benzene rings is 2. The Balaban J connectivity index is 2.09. The predicted octanol–water partition coefficient (Wildman–Crippen LogP) is 3.16. The van der Waals surface area contributed by atoms with Crippen molar-refractivity contribution in [2.45, 2.75) is 38.5 Å². The summed E-state index contributed by atoms with van der Waals surface area (Å²) >= 11 is 0. The van der Waals surface area contributed by atoms with E-state index in [1.165, 1.54) is 0 Å². The number of carbonyl (C=O) groups is 4. The van der Waals surface area contributed by atoms with Gasteiger partial charge in [0.1, 0.15) is 11.5 Å². The van der Waals surface area contributed by atoms with Crippen molar-refractivity contribution in [3.8, 4) is 11.5 Å². The maximum atomic E-state index is 11.9. The Morgan fingerprint density at radius 1 is 0.643 bits per heavy atom. The number of ether oxygens (including phenoxy) is 2. The van der Waals surface area contributed by atoms with Gasteiger partial charge in [0.05, 0.1) is 0 Å². The van der Waals surface area contributed by atoms with Crippen LogP contribution in [0.1, 0.15) is 38.5 Å². The summed E-state index contributed by atoms with van der Waals surface area (Å²) in [6, 6.07) is 9.88. The molecule has 0 amide bonds. The monoisotopic (exact) mass is 388 g/mol. The fourth-order valence-electron chi connectivity index (χ4n) is 2.55. The van der Waals surface area contributed by atoms with Crippen molar-refractivity contribution < 1.29 is 38.9 Å². The van der Waals surface area contributed by atoms with Crippen molar-refractivity contribution in [1.29, 1.82) is 0 Å². The molecule has 2 N–H and O–H groups in total. The summed E-state index contributed by atoms with van der Waals surface area (Å²) in [6.45, 7) is 0. The van der Waals surface area contributed by atoms with Crippen LogP contribution in [0.25, 0.3) is 10.8 Å². The minimum atomic E-state index is -0.979. The molecule has 148 valence electrons. The van der Waals surface area contributed by atoms with Gasteiger partial charge in [-0.15, -0.1) is 0 Å². The molecular formula is C20H20O8. The summed E-state index contributed by atoms with van der Waals surface area (Å²) in [4.78, 5) is 44.9. The highest BCUT2D eigenvalue weighted by molar-refractivity contribution is 5.95. The largest absolute Gasteiger partial charge is 0.481 e. The second-order valence-corrected chi connectivity index (χ2v) is 6.05. The van der Waals surface area contributed by atoms with Gasteiger partial charge < -0.3 is 19.7 Å². The van der Waals surface area contributed by atoms with E-state index in [1.54, 1.807) is 36.4 Å². The van der Waals surface area contributed by atoms with Gasteiger partial charge in [-0.1, -0.05) is 24.3 Å². The van der Waals surface area contributed by atoms with Crippen LogP contribution in [-0.4, -0.2) is 34.1 Å². The van der Waals surface area contributed by atoms with E-state index in [2.05, 4.69) is 0 Å². The van der Waals surface area contributed by atoms with E-state index in [-0.39, 0.29) is 50.0 Å². The summed E-state index contributed by atoms with van der Waals surface area (Å²) in [6.07, 6.45) is 0.0669. The molecule has 2 rings (SSSR count). The van der Waals surface area contributed by atoms with E-state index in [9.17, 15) is 19.2 Å². The fourth-order valence-corrected chi connectivity index (χ4v) is 2.55. The smallest absolute Gasteiger partial charge is 0.311 e. The Morgan fingerprint density at radius 2 is 1.04 bits per heavy atom. The van der Waals surface area contributed by atoms with E-state index in [4.69, 9.17) is 19.7 Å². The molecule has 8 heteroatoms. The zero-order valence-electron chi connectivity index (χ0n) is 15.1. The van der Waals surface area contributed by atoms with Crippen molar-refractivity contribution in [3.05, 3.63) is 36.4 Å². The van der Waals surface area contributed by atoms with Crippen molar-refractivity contribution in [3.63, 3.8) is 0 Å². The lowest BCUT2D eigenvalue weighted by Crippen LogP contribution is -2.10. The summed E-state index contributed by atoms with van der Waals surface area (Å²) < 4.78 is 10.6. The first kappa shape index (κ1) is 20.9. The van der Waals surface area contributed by atoms with Crippen LogP contribution in [0.3, 0.4) is 0 Å². The van der Waals surface area contributed by atoms with Crippen molar-refractivity contribution in [2.75, 3.05) is 0 Å². The third-order valence-corrected chi connectivity index (χ3v) is 3.83. The first-order valence-electron chi connectivity index (χ1n) is 8.73. The normalized spacial score (nSPS) is 10.4. The van der Waals surface area contributed by atoms with Gasteiger partial charge in [-0.2, -0.15) is 0 Å². The molecule has 0 saturated carbocycles. The topological polar surface area (TPSA) is 127 Å². The van der Waals surface area contributed by atoms with Gasteiger partial charge in [-0.3, -0.25) is 19.2 Å². The van der Waals surface area contributed by atoms with Gasteiger partial charge in [0.2, 0.25) is 0 Å². The van der Waals surface area contributed by atoms with Crippen LogP contribution >= 0.6 is 0 Å². The Kier molecular flexibility index (Phi) is 7.50. The number of rotatable bonds is 10. The average Bonchev–Trinajstić information content (AvgIpc) is 2.62. The molecule has 0 unspecified atom stereocenters. The summed E-state index contributed by atoms with van der Waals surface area (Å²) in [5, 5.41) is 18.4. The molecule has 0 atom stereocenters. The van der Waals surface area contributed by atoms with Gasteiger partial charge in [-0.05, 0) is 25.0 Å². The van der Waals surface area contributed by atoms with Gasteiger partial charge in [0, 0.05) is 36.5 Å². The number of carboxylic acid groups (broad SMARTS) is 2. The van der Waals surface area contributed by atoms with Crippen LogP contribution in [-0.2, 0) is 19.2 Å². The molecule has 8 nitrogen and oxygen atoms in total. The summed E-state index contributed by atoms with van der Waals surface area (Å²) in [5.74, 6) is -2.50. The second kappa shape index (κ2) is 10.1. The SMILES string of the molecule is O=C(O)CCCC(=O)Oc1cccc2c(OC(=O)CCCC(=O)O)cccc12. The lowest BCUT2D eigenvalue weighted by molar-refractivity contribution is -0.139. The molecular weight excluding hydrogens is 368 g/mol. The van der Waals surface area contributed by atoms with Gasteiger partial charge in [0.15, 0.2) is 0 Å². The molecule has 0 aliphatic heterocycles. The van der Waals surface area contributed by atoms with E-state index >= 15 is 0 Å². The molecule has 0 fully saturated rings. The Bertz CT molecular complexity index is 814. The number of hydrogen-bond donors (Lipinski definition) is 2. The van der Waals surface area contributed by atoms with Crippen LogP contribution in [0, 0.1) is 0 Å². The maximum Gasteiger partial charge on any atom is 0.311 e. The molecule has 2 aromatic rings. The zero-order chi connectivity index (χ0) is 20.5. The molecule has 0 heterocycles. The highest BCUT2D eigenvalue weighted by atomic mass is 16.5. The maximum absolute atomic E-state index is 11.9. The van der Waals surface area contributed by atoms with E-state index in [1.807, 2.05) is 0 Å². The summed E-state index contributed by atoms with van der Waals surface area (Å²) in [7, 11) is 0. The molecule has 0 aliphatic rings. The minimum absolute atomic E-state index is 0.0268. The minimum Gasteiger partial charge on any atom is -0.481 e. The number of aliphatic carboxylic acids is 2. The zero-order valence-corrected chi connectivity index (χ0v) is 15.1. The molecule has 0 radical (unpaired) electrons. The lowest BCUT2D eigenvalue weighted by Gasteiger charge is -2.11. The van der Waals surface area contributed by atoms with Crippen LogP contribution < -0.4 is 9.47 Å². The second-order valence-electron chi connectivity index (χ2n) is 6.05. The van der Waals surface area contributed by atoms with Crippen molar-refractivity contribution in [1.82, 2.24) is 0 Å². The van der Waals surface area contributed by atoms with Gasteiger partial charge >= 0.3 is 23.9 Å². The first-order chi connectivity index (χ1) is 13.4. The molecule has 28 heavy (non-hydrogen) atoms. The quantitative estimate of drug-likeness (QED) is 0.469. The number of hydrogen-bond acceptors (Lipinski definition) is 6. The van der Waals surface area contributed by atoms with Gasteiger partial charge in [0.25, 0.3) is 0 Å². The average molecular weight is 388 g/mol.